The lowest BCUT2D eigenvalue weighted by atomic mass is 9.80. The summed E-state index contributed by atoms with van der Waals surface area (Å²) in [6, 6.07) is 18.2. The van der Waals surface area contributed by atoms with Crippen molar-refractivity contribution in [1.82, 2.24) is 0 Å². The summed E-state index contributed by atoms with van der Waals surface area (Å²) in [5.74, 6) is 0. The highest BCUT2D eigenvalue weighted by Gasteiger charge is 2.40. The lowest BCUT2D eigenvalue weighted by Gasteiger charge is -2.44. The highest BCUT2D eigenvalue weighted by Crippen LogP contribution is 2.55. The summed E-state index contributed by atoms with van der Waals surface area (Å²) in [5, 5.41) is 0. The highest BCUT2D eigenvalue weighted by molar-refractivity contribution is 5.94. The van der Waals surface area contributed by atoms with Gasteiger partial charge in [-0.05, 0) is 52.8 Å². The number of hydrogen-bond acceptors (Lipinski definition) is 1. The van der Waals surface area contributed by atoms with E-state index in [9.17, 15) is 0 Å². The Morgan fingerprint density at radius 1 is 0.750 bits per heavy atom. The molecule has 0 saturated heterocycles. The van der Waals surface area contributed by atoms with Crippen LogP contribution >= 0.6 is 0 Å². The van der Waals surface area contributed by atoms with E-state index in [1.807, 2.05) is 0 Å². The van der Waals surface area contributed by atoms with Crippen LogP contribution in [0.5, 0.6) is 0 Å². The van der Waals surface area contributed by atoms with E-state index in [0.29, 0.717) is 6.04 Å². The second-order valence-corrected chi connectivity index (χ2v) is 6.89. The molecule has 2 heterocycles. The molecule has 0 N–H and O–H groups in total. The molecule has 2 aliphatic heterocycles. The summed E-state index contributed by atoms with van der Waals surface area (Å²) >= 11 is 0. The van der Waals surface area contributed by atoms with Crippen LogP contribution in [0.2, 0.25) is 0 Å². The van der Waals surface area contributed by atoms with Gasteiger partial charge in [-0.1, -0.05) is 60.7 Å². The molecule has 2 aromatic carbocycles. The van der Waals surface area contributed by atoms with Crippen LogP contribution in [0.15, 0.2) is 84.1 Å². The maximum Gasteiger partial charge on any atom is 0.0853 e. The average Bonchev–Trinajstić information content (AvgIpc) is 3.31. The number of hydrogen-bond donors (Lipinski definition) is 0. The first-order valence-corrected chi connectivity index (χ1v) is 8.71. The minimum Gasteiger partial charge on any atom is -0.329 e. The Balaban J connectivity index is 1.73. The van der Waals surface area contributed by atoms with Crippen LogP contribution in [-0.2, 0) is 0 Å². The number of anilines is 1. The quantitative estimate of drug-likeness (QED) is 0.608. The molecular formula is C23H17N. The Morgan fingerprint density at radius 2 is 1.50 bits per heavy atom. The zero-order chi connectivity index (χ0) is 15.7. The summed E-state index contributed by atoms with van der Waals surface area (Å²) in [6.45, 7) is 0. The fraction of sp³-hybridized carbons (Fsp3) is 0.130. The van der Waals surface area contributed by atoms with Crippen molar-refractivity contribution in [3.8, 4) is 0 Å². The molecule has 0 amide bonds. The number of rotatable bonds is 0. The van der Waals surface area contributed by atoms with Crippen molar-refractivity contribution in [3.05, 3.63) is 101 Å². The molecule has 0 radical (unpaired) electrons. The number of nitrogens with zero attached hydrogens (tertiary/aromatic N) is 1. The molecule has 1 nitrogen and oxygen atoms in total. The van der Waals surface area contributed by atoms with Crippen LogP contribution in [0.25, 0.3) is 11.1 Å². The molecule has 2 aromatic rings. The summed E-state index contributed by atoms with van der Waals surface area (Å²) in [5.41, 5.74) is 11.5. The third kappa shape index (κ3) is 1.41. The molecule has 1 heteroatoms. The van der Waals surface area contributed by atoms with Gasteiger partial charge < -0.3 is 4.90 Å². The van der Waals surface area contributed by atoms with E-state index in [2.05, 4.69) is 77.7 Å². The lowest BCUT2D eigenvalue weighted by molar-refractivity contribution is 0.771. The first kappa shape index (κ1) is 12.6. The van der Waals surface area contributed by atoms with Crippen molar-refractivity contribution < 1.29 is 0 Å². The van der Waals surface area contributed by atoms with Crippen molar-refractivity contribution in [2.45, 2.75) is 18.9 Å². The van der Waals surface area contributed by atoms with E-state index in [1.165, 1.54) is 44.8 Å². The Morgan fingerprint density at radius 3 is 2.46 bits per heavy atom. The third-order valence-electron chi connectivity index (χ3n) is 5.76. The Bertz CT molecular complexity index is 932. The summed E-state index contributed by atoms with van der Waals surface area (Å²) in [6.07, 6.45) is 11.4. The standard InChI is InChI=1S/C23H17N/c1-2-9-19-15(7-1)18-11-6-14-22(18)24-21-13-4-3-8-17(21)16-10-5-12-20(16)23(19)24/h1-9,12-14,23H,10-11H2. The molecule has 0 aromatic heterocycles. The van der Waals surface area contributed by atoms with Gasteiger partial charge >= 0.3 is 0 Å². The Hall–Kier alpha value is -2.80. The lowest BCUT2D eigenvalue weighted by Crippen LogP contribution is -2.35. The predicted octanol–water partition coefficient (Wildman–Crippen LogP) is 5.65. The second kappa shape index (κ2) is 4.39. The van der Waals surface area contributed by atoms with Gasteiger partial charge in [-0.3, -0.25) is 0 Å². The van der Waals surface area contributed by atoms with Crippen LogP contribution in [-0.4, -0.2) is 0 Å². The van der Waals surface area contributed by atoms with E-state index in [4.69, 9.17) is 0 Å². The SMILES string of the molecule is C1=CC2=C(C1)c1ccccc1C1C3=C(CC=C3)c3ccccc3N21. The normalized spacial score (nSPS) is 22.3. The Kier molecular flexibility index (Phi) is 2.30. The number of fused-ring (bicyclic) bond motifs is 9. The molecule has 0 fully saturated rings. The maximum absolute atomic E-state index is 2.57. The minimum absolute atomic E-state index is 0.311. The molecule has 0 saturated carbocycles. The van der Waals surface area contributed by atoms with Gasteiger partial charge in [0.2, 0.25) is 0 Å². The second-order valence-electron chi connectivity index (χ2n) is 6.89. The van der Waals surface area contributed by atoms with Gasteiger partial charge in [0.1, 0.15) is 0 Å². The summed E-state index contributed by atoms with van der Waals surface area (Å²) < 4.78 is 0. The van der Waals surface area contributed by atoms with E-state index in [0.717, 1.165) is 12.8 Å². The molecule has 24 heavy (non-hydrogen) atoms. The van der Waals surface area contributed by atoms with Crippen LogP contribution in [0.3, 0.4) is 0 Å². The van der Waals surface area contributed by atoms with Gasteiger partial charge in [-0.2, -0.15) is 0 Å². The van der Waals surface area contributed by atoms with Crippen LogP contribution < -0.4 is 4.90 Å². The van der Waals surface area contributed by atoms with Crippen LogP contribution in [0.4, 0.5) is 5.69 Å². The van der Waals surface area contributed by atoms with Crippen LogP contribution in [0.1, 0.15) is 35.6 Å². The summed E-state index contributed by atoms with van der Waals surface area (Å²) in [7, 11) is 0. The molecule has 6 rings (SSSR count). The molecule has 0 spiro atoms. The molecule has 114 valence electrons. The zero-order valence-electron chi connectivity index (χ0n) is 13.4. The molecular weight excluding hydrogens is 290 g/mol. The molecule has 0 bridgehead atoms. The fourth-order valence-corrected chi connectivity index (χ4v) is 4.81. The van der Waals surface area contributed by atoms with Gasteiger partial charge in [0, 0.05) is 16.9 Å². The molecule has 4 aliphatic rings. The predicted molar refractivity (Wildman–Crippen MR) is 99.5 cm³/mol. The molecule has 2 aliphatic carbocycles. The van der Waals surface area contributed by atoms with Crippen molar-refractivity contribution in [2.24, 2.45) is 0 Å². The fourth-order valence-electron chi connectivity index (χ4n) is 4.81. The van der Waals surface area contributed by atoms with Crippen LogP contribution in [0, 0.1) is 0 Å². The molecule has 1 unspecified atom stereocenters. The maximum atomic E-state index is 2.57. The Labute approximate surface area is 141 Å². The first-order valence-electron chi connectivity index (χ1n) is 8.71. The van der Waals surface area contributed by atoms with Crippen molar-refractivity contribution in [2.75, 3.05) is 4.90 Å². The van der Waals surface area contributed by atoms with Crippen molar-refractivity contribution in [1.29, 1.82) is 0 Å². The van der Waals surface area contributed by atoms with E-state index < -0.39 is 0 Å². The summed E-state index contributed by atoms with van der Waals surface area (Å²) in [4.78, 5) is 2.57. The van der Waals surface area contributed by atoms with Crippen molar-refractivity contribution in [3.63, 3.8) is 0 Å². The van der Waals surface area contributed by atoms with E-state index in [-0.39, 0.29) is 0 Å². The van der Waals surface area contributed by atoms with Gasteiger partial charge in [-0.15, -0.1) is 0 Å². The number of allylic oxidation sites excluding steroid dienone is 5. The van der Waals surface area contributed by atoms with Gasteiger partial charge in [-0.25, -0.2) is 0 Å². The van der Waals surface area contributed by atoms with E-state index in [1.54, 1.807) is 0 Å². The number of benzene rings is 2. The average molecular weight is 307 g/mol. The third-order valence-corrected chi connectivity index (χ3v) is 5.76. The van der Waals surface area contributed by atoms with Crippen molar-refractivity contribution >= 4 is 16.8 Å². The van der Waals surface area contributed by atoms with Gasteiger partial charge in [0.25, 0.3) is 0 Å². The van der Waals surface area contributed by atoms with E-state index >= 15 is 0 Å². The molecule has 1 atom stereocenters. The number of para-hydroxylation sites is 1. The first-order chi connectivity index (χ1) is 11.9. The van der Waals surface area contributed by atoms with Gasteiger partial charge in [0.15, 0.2) is 0 Å². The largest absolute Gasteiger partial charge is 0.329 e. The smallest absolute Gasteiger partial charge is 0.0853 e. The topological polar surface area (TPSA) is 3.24 Å². The zero-order valence-corrected chi connectivity index (χ0v) is 13.4. The monoisotopic (exact) mass is 307 g/mol. The van der Waals surface area contributed by atoms with Gasteiger partial charge in [0.05, 0.1) is 6.04 Å². The minimum atomic E-state index is 0.311. The highest BCUT2D eigenvalue weighted by atomic mass is 15.2.